The van der Waals surface area contributed by atoms with Crippen molar-refractivity contribution in [2.75, 3.05) is 5.32 Å². The highest BCUT2D eigenvalue weighted by Gasteiger charge is 1.99. The summed E-state index contributed by atoms with van der Waals surface area (Å²) in [6.07, 6.45) is 3.40. The molecule has 15 heavy (non-hydrogen) atoms. The van der Waals surface area contributed by atoms with Crippen LogP contribution in [0.2, 0.25) is 0 Å². The summed E-state index contributed by atoms with van der Waals surface area (Å²) in [4.78, 5) is 13.4. The third-order valence-corrected chi connectivity index (χ3v) is 3.09. The van der Waals surface area contributed by atoms with Crippen molar-refractivity contribution >= 4 is 33.1 Å². The van der Waals surface area contributed by atoms with E-state index in [2.05, 4.69) is 36.2 Å². The summed E-state index contributed by atoms with van der Waals surface area (Å²) in [5.74, 6) is 0.808. The number of nitrogens with zero attached hydrogens (tertiary/aromatic N) is 3. The van der Waals surface area contributed by atoms with E-state index < -0.39 is 0 Å². The van der Waals surface area contributed by atoms with Crippen LogP contribution in [0, 0.1) is 6.92 Å². The summed E-state index contributed by atoms with van der Waals surface area (Å²) in [7, 11) is 0. The van der Waals surface area contributed by atoms with Gasteiger partial charge in [-0.2, -0.15) is 0 Å². The average Bonchev–Trinajstić information content (AvgIpc) is 2.62. The summed E-state index contributed by atoms with van der Waals surface area (Å²) in [5, 5.41) is 4.28. The first-order chi connectivity index (χ1) is 7.24. The maximum atomic E-state index is 4.18. The maximum absolute atomic E-state index is 4.18. The first-order valence-electron chi connectivity index (χ1n) is 4.37. The first kappa shape index (κ1) is 10.5. The van der Waals surface area contributed by atoms with Gasteiger partial charge in [-0.3, -0.25) is 0 Å². The summed E-state index contributed by atoms with van der Waals surface area (Å²) in [5.41, 5.74) is 0. The zero-order chi connectivity index (χ0) is 10.7. The smallest absolute Gasteiger partial charge is 0.130 e. The maximum Gasteiger partial charge on any atom is 0.130 e. The minimum atomic E-state index is 0.745. The molecule has 0 aliphatic rings. The minimum Gasteiger partial charge on any atom is -0.365 e. The Balaban J connectivity index is 1.99. The topological polar surface area (TPSA) is 50.7 Å². The molecular formula is C9H9BrN4S. The molecule has 1 N–H and O–H groups in total. The van der Waals surface area contributed by atoms with Crippen LogP contribution < -0.4 is 5.32 Å². The van der Waals surface area contributed by atoms with Crippen molar-refractivity contribution in [2.45, 2.75) is 13.5 Å². The fourth-order valence-electron chi connectivity index (χ4n) is 1.09. The van der Waals surface area contributed by atoms with E-state index in [0.29, 0.717) is 0 Å². The van der Waals surface area contributed by atoms with Gasteiger partial charge >= 0.3 is 0 Å². The van der Waals surface area contributed by atoms with Gasteiger partial charge in [-0.25, -0.2) is 15.0 Å². The molecule has 78 valence electrons. The number of aromatic nitrogens is 3. The number of halogens is 1. The molecular weight excluding hydrogens is 276 g/mol. The van der Waals surface area contributed by atoms with Crippen LogP contribution in [-0.4, -0.2) is 15.0 Å². The van der Waals surface area contributed by atoms with Gasteiger partial charge in [-0.15, -0.1) is 11.3 Å². The van der Waals surface area contributed by atoms with E-state index in [1.54, 1.807) is 11.3 Å². The van der Waals surface area contributed by atoms with Gasteiger partial charge in [0.15, 0.2) is 0 Å². The molecule has 2 aromatic heterocycles. The molecule has 0 spiro atoms. The fraction of sp³-hybridized carbons (Fsp3) is 0.222. The second kappa shape index (κ2) is 4.67. The largest absolute Gasteiger partial charge is 0.365 e. The Morgan fingerprint density at radius 1 is 1.40 bits per heavy atom. The molecule has 4 nitrogen and oxygen atoms in total. The second-order valence-corrected chi connectivity index (χ2v) is 5.06. The number of nitrogens with one attached hydrogen (secondary N) is 1. The summed E-state index contributed by atoms with van der Waals surface area (Å²) < 4.78 is 0.778. The van der Waals surface area contributed by atoms with Crippen molar-refractivity contribution in [2.24, 2.45) is 0 Å². The van der Waals surface area contributed by atoms with Crippen molar-refractivity contribution in [3.05, 3.63) is 33.1 Å². The molecule has 0 radical (unpaired) electrons. The van der Waals surface area contributed by atoms with Crippen molar-refractivity contribution in [1.29, 1.82) is 0 Å². The van der Waals surface area contributed by atoms with Crippen molar-refractivity contribution < 1.29 is 0 Å². The van der Waals surface area contributed by atoms with Crippen LogP contribution in [0.5, 0.6) is 0 Å². The molecule has 0 saturated heterocycles. The third kappa shape index (κ3) is 2.97. The molecule has 0 bridgehead atoms. The Labute approximate surface area is 99.9 Å². The van der Waals surface area contributed by atoms with Gasteiger partial charge in [0, 0.05) is 17.1 Å². The average molecular weight is 285 g/mol. The first-order valence-corrected chi connectivity index (χ1v) is 5.98. The Bertz CT molecular complexity index is 457. The van der Waals surface area contributed by atoms with Gasteiger partial charge in [0.1, 0.15) is 16.7 Å². The van der Waals surface area contributed by atoms with Crippen molar-refractivity contribution in [3.63, 3.8) is 0 Å². The molecule has 0 aromatic carbocycles. The quantitative estimate of drug-likeness (QED) is 0.881. The van der Waals surface area contributed by atoms with Gasteiger partial charge in [0.2, 0.25) is 0 Å². The van der Waals surface area contributed by atoms with Crippen LogP contribution in [0.15, 0.2) is 23.2 Å². The van der Waals surface area contributed by atoms with Crippen LogP contribution in [0.1, 0.15) is 9.88 Å². The molecule has 0 aliphatic carbocycles. The molecule has 2 heterocycles. The van der Waals surface area contributed by atoms with E-state index in [1.807, 2.05) is 19.2 Å². The van der Waals surface area contributed by atoms with Gasteiger partial charge in [0.25, 0.3) is 0 Å². The highest BCUT2D eigenvalue weighted by atomic mass is 79.9. The molecule has 2 aromatic rings. The monoisotopic (exact) mass is 284 g/mol. The van der Waals surface area contributed by atoms with Crippen LogP contribution >= 0.6 is 27.3 Å². The molecule has 0 atom stereocenters. The van der Waals surface area contributed by atoms with Gasteiger partial charge in [-0.05, 0) is 22.9 Å². The number of anilines is 1. The van der Waals surface area contributed by atoms with E-state index in [0.717, 1.165) is 22.0 Å². The van der Waals surface area contributed by atoms with E-state index in [-0.39, 0.29) is 0 Å². The Morgan fingerprint density at radius 3 is 2.93 bits per heavy atom. The number of hydrogen-bond donors (Lipinski definition) is 1. The molecule has 0 fully saturated rings. The summed E-state index contributed by atoms with van der Waals surface area (Å²) >= 11 is 4.97. The molecule has 0 aliphatic heterocycles. The lowest BCUT2D eigenvalue weighted by atomic mass is 10.5. The Kier molecular flexibility index (Phi) is 3.27. The second-order valence-electron chi connectivity index (χ2n) is 2.93. The van der Waals surface area contributed by atoms with E-state index in [4.69, 9.17) is 0 Å². The zero-order valence-corrected chi connectivity index (χ0v) is 10.5. The molecule has 2 rings (SSSR count). The highest BCUT2D eigenvalue weighted by molar-refractivity contribution is 9.10. The molecule has 6 heteroatoms. The molecule has 0 saturated carbocycles. The van der Waals surface area contributed by atoms with E-state index in [1.165, 1.54) is 11.2 Å². The fourth-order valence-corrected chi connectivity index (χ4v) is 2.14. The minimum absolute atomic E-state index is 0.745. The third-order valence-electron chi connectivity index (χ3n) is 1.75. The summed E-state index contributed by atoms with van der Waals surface area (Å²) in [6.45, 7) is 2.74. The number of thiazole rings is 1. The number of rotatable bonds is 3. The predicted octanol–water partition coefficient (Wildman–Crippen LogP) is 2.62. The Hall–Kier alpha value is -1.01. The van der Waals surface area contributed by atoms with Crippen molar-refractivity contribution in [1.82, 2.24) is 15.0 Å². The SMILES string of the molecule is Cc1ncc(CNc2cc(Br)ncn2)s1. The normalized spacial score (nSPS) is 10.3. The molecule has 0 unspecified atom stereocenters. The van der Waals surface area contributed by atoms with Crippen LogP contribution in [0.25, 0.3) is 0 Å². The standard InChI is InChI=1S/C9H9BrN4S/c1-6-11-3-7(15-6)4-12-9-2-8(10)13-5-14-9/h2-3,5H,4H2,1H3,(H,12,13,14). The lowest BCUT2D eigenvalue weighted by Gasteiger charge is -2.02. The van der Waals surface area contributed by atoms with Gasteiger partial charge < -0.3 is 5.32 Å². The van der Waals surface area contributed by atoms with E-state index in [9.17, 15) is 0 Å². The zero-order valence-electron chi connectivity index (χ0n) is 8.07. The number of hydrogen-bond acceptors (Lipinski definition) is 5. The Morgan fingerprint density at radius 2 is 2.27 bits per heavy atom. The predicted molar refractivity (Wildman–Crippen MR) is 63.9 cm³/mol. The molecule has 0 amide bonds. The van der Waals surface area contributed by atoms with Crippen LogP contribution in [0.3, 0.4) is 0 Å². The van der Waals surface area contributed by atoms with Crippen LogP contribution in [-0.2, 0) is 6.54 Å². The lowest BCUT2D eigenvalue weighted by Crippen LogP contribution is -1.99. The van der Waals surface area contributed by atoms with Crippen molar-refractivity contribution in [3.8, 4) is 0 Å². The van der Waals surface area contributed by atoms with Gasteiger partial charge in [-0.1, -0.05) is 0 Å². The van der Waals surface area contributed by atoms with Crippen LogP contribution in [0.4, 0.5) is 5.82 Å². The summed E-state index contributed by atoms with van der Waals surface area (Å²) in [6, 6.07) is 1.84. The number of aryl methyl sites for hydroxylation is 1. The van der Waals surface area contributed by atoms with Gasteiger partial charge in [0.05, 0.1) is 11.6 Å². The van der Waals surface area contributed by atoms with E-state index >= 15 is 0 Å². The highest BCUT2D eigenvalue weighted by Crippen LogP contribution is 2.14. The lowest BCUT2D eigenvalue weighted by molar-refractivity contribution is 1.08.